The van der Waals surface area contributed by atoms with Crippen LogP contribution in [0.4, 0.5) is 13.2 Å². The van der Waals surface area contributed by atoms with Crippen LogP contribution in [0.3, 0.4) is 0 Å². The molecule has 28 heavy (non-hydrogen) atoms. The standard InChI is InChI=1S/C20H16F3N5/c1-28-6-5-14-15(8-24)18(27)19(10-25,11-26)17(16(14)9-28)12-3-2-4-13(7-12)20(21,22)23/h2-5,7,15-17,27H,6,9H2,1H3/t15?,16-,17-/m0/s1. The molecule has 5 nitrogen and oxygen atoms in total. The first-order chi connectivity index (χ1) is 13.2. The Bertz CT molecular complexity index is 959. The Labute approximate surface area is 160 Å². The number of hydrogen-bond acceptors (Lipinski definition) is 5. The van der Waals surface area contributed by atoms with E-state index < -0.39 is 34.9 Å². The maximum atomic E-state index is 13.2. The first kappa shape index (κ1) is 19.6. The molecular weight excluding hydrogens is 367 g/mol. The molecule has 1 unspecified atom stereocenters. The zero-order valence-corrected chi connectivity index (χ0v) is 15.0. The van der Waals surface area contributed by atoms with Gasteiger partial charge >= 0.3 is 6.18 Å². The van der Waals surface area contributed by atoms with Crippen molar-refractivity contribution in [1.29, 1.82) is 21.2 Å². The summed E-state index contributed by atoms with van der Waals surface area (Å²) < 4.78 is 39.7. The van der Waals surface area contributed by atoms with E-state index in [0.29, 0.717) is 18.7 Å². The number of hydrogen-bond donors (Lipinski definition) is 1. The first-order valence-electron chi connectivity index (χ1n) is 8.56. The van der Waals surface area contributed by atoms with Crippen molar-refractivity contribution in [3.05, 3.63) is 47.0 Å². The van der Waals surface area contributed by atoms with Crippen LogP contribution in [-0.4, -0.2) is 30.7 Å². The van der Waals surface area contributed by atoms with Crippen LogP contribution in [-0.2, 0) is 6.18 Å². The number of halogens is 3. The summed E-state index contributed by atoms with van der Waals surface area (Å²) in [5.41, 5.74) is -2.47. The Morgan fingerprint density at radius 3 is 2.46 bits per heavy atom. The third-order valence-corrected chi connectivity index (χ3v) is 5.55. The predicted molar refractivity (Wildman–Crippen MR) is 93.7 cm³/mol. The van der Waals surface area contributed by atoms with E-state index in [0.717, 1.165) is 12.1 Å². The Kier molecular flexibility index (Phi) is 4.75. The molecule has 1 heterocycles. The second-order valence-electron chi connectivity index (χ2n) is 7.14. The average molecular weight is 383 g/mol. The zero-order valence-electron chi connectivity index (χ0n) is 15.0. The van der Waals surface area contributed by atoms with Crippen LogP contribution in [0.25, 0.3) is 0 Å². The first-order valence-corrected chi connectivity index (χ1v) is 8.56. The largest absolute Gasteiger partial charge is 0.416 e. The molecule has 1 aromatic carbocycles. The van der Waals surface area contributed by atoms with Gasteiger partial charge in [-0.15, -0.1) is 0 Å². The number of nitrogens with zero attached hydrogens (tertiary/aromatic N) is 4. The molecular formula is C20H16F3N5. The molecule has 1 aliphatic heterocycles. The van der Waals surface area contributed by atoms with Gasteiger partial charge in [-0.25, -0.2) is 0 Å². The molecule has 0 spiro atoms. The van der Waals surface area contributed by atoms with Crippen molar-refractivity contribution in [2.75, 3.05) is 20.1 Å². The van der Waals surface area contributed by atoms with Gasteiger partial charge in [0, 0.05) is 24.9 Å². The minimum absolute atomic E-state index is 0.172. The van der Waals surface area contributed by atoms with Gasteiger partial charge in [-0.3, -0.25) is 0 Å². The highest BCUT2D eigenvalue weighted by atomic mass is 19.4. The SMILES string of the molecule is CN1CC=C2C(C#N)C(=N)C(C#N)(C#N)[C@@H](c3cccc(C(F)(F)F)c3)[C@H]2C1. The highest BCUT2D eigenvalue weighted by molar-refractivity contribution is 6.00. The number of alkyl halides is 3. The highest BCUT2D eigenvalue weighted by Gasteiger charge is 2.57. The second-order valence-corrected chi connectivity index (χ2v) is 7.14. The molecule has 0 aromatic heterocycles. The minimum Gasteiger partial charge on any atom is -0.305 e. The highest BCUT2D eigenvalue weighted by Crippen LogP contribution is 2.53. The lowest BCUT2D eigenvalue weighted by Crippen LogP contribution is -2.52. The molecule has 2 aliphatic rings. The van der Waals surface area contributed by atoms with Crippen molar-refractivity contribution in [1.82, 2.24) is 4.90 Å². The summed E-state index contributed by atoms with van der Waals surface area (Å²) in [6.45, 7) is 0.905. The van der Waals surface area contributed by atoms with Gasteiger partial charge in [-0.1, -0.05) is 24.3 Å². The van der Waals surface area contributed by atoms with Gasteiger partial charge in [-0.05, 0) is 24.3 Å². The van der Waals surface area contributed by atoms with Gasteiger partial charge in [0.05, 0.1) is 29.5 Å². The normalized spacial score (nSPS) is 27.0. The van der Waals surface area contributed by atoms with E-state index in [1.54, 1.807) is 6.08 Å². The van der Waals surface area contributed by atoms with Crippen molar-refractivity contribution >= 4 is 5.71 Å². The van der Waals surface area contributed by atoms with Crippen molar-refractivity contribution < 1.29 is 13.2 Å². The Morgan fingerprint density at radius 1 is 1.21 bits per heavy atom. The summed E-state index contributed by atoms with van der Waals surface area (Å²) in [6, 6.07) is 10.3. The molecule has 3 atom stereocenters. The molecule has 0 bridgehead atoms. The summed E-state index contributed by atoms with van der Waals surface area (Å²) in [6.07, 6.45) is -2.78. The van der Waals surface area contributed by atoms with Crippen molar-refractivity contribution in [2.24, 2.45) is 17.3 Å². The molecule has 1 fully saturated rings. The second kappa shape index (κ2) is 6.78. The van der Waals surface area contributed by atoms with Gasteiger partial charge in [-0.2, -0.15) is 29.0 Å². The Morgan fingerprint density at radius 2 is 1.89 bits per heavy atom. The lowest BCUT2D eigenvalue weighted by Gasteiger charge is -2.47. The number of benzene rings is 1. The number of nitriles is 3. The van der Waals surface area contributed by atoms with E-state index in [-0.39, 0.29) is 11.3 Å². The van der Waals surface area contributed by atoms with Gasteiger partial charge in [0.2, 0.25) is 0 Å². The van der Waals surface area contributed by atoms with E-state index in [1.807, 2.05) is 30.2 Å². The Balaban J connectivity index is 2.27. The van der Waals surface area contributed by atoms with E-state index in [1.165, 1.54) is 12.1 Å². The van der Waals surface area contributed by atoms with Crippen LogP contribution in [0, 0.1) is 56.7 Å². The minimum atomic E-state index is -4.57. The molecule has 142 valence electrons. The summed E-state index contributed by atoms with van der Waals surface area (Å²) in [7, 11) is 1.82. The van der Waals surface area contributed by atoms with Crippen molar-refractivity contribution in [2.45, 2.75) is 12.1 Å². The molecule has 0 saturated heterocycles. The molecule has 3 rings (SSSR count). The number of rotatable bonds is 1. The number of nitrogens with one attached hydrogen (secondary N) is 1. The fraction of sp³-hybridized carbons (Fsp3) is 0.400. The van der Waals surface area contributed by atoms with Crippen LogP contribution >= 0.6 is 0 Å². The van der Waals surface area contributed by atoms with Crippen LogP contribution in [0.2, 0.25) is 0 Å². The lowest BCUT2D eigenvalue weighted by molar-refractivity contribution is -0.137. The molecule has 1 aliphatic carbocycles. The van der Waals surface area contributed by atoms with Crippen LogP contribution in [0.5, 0.6) is 0 Å². The smallest absolute Gasteiger partial charge is 0.305 e. The lowest BCUT2D eigenvalue weighted by atomic mass is 9.54. The van der Waals surface area contributed by atoms with E-state index in [2.05, 4.69) is 0 Å². The fourth-order valence-corrected chi connectivity index (χ4v) is 4.24. The summed E-state index contributed by atoms with van der Waals surface area (Å²) in [4.78, 5) is 1.91. The van der Waals surface area contributed by atoms with Crippen LogP contribution in [0.15, 0.2) is 35.9 Å². The molecule has 8 heteroatoms. The monoisotopic (exact) mass is 383 g/mol. The van der Waals surface area contributed by atoms with Gasteiger partial charge < -0.3 is 10.3 Å². The van der Waals surface area contributed by atoms with Crippen molar-refractivity contribution in [3.63, 3.8) is 0 Å². The number of fused-ring (bicyclic) bond motifs is 1. The quantitative estimate of drug-likeness (QED) is 0.751. The Hall–Kier alpha value is -3.15. The molecule has 0 radical (unpaired) electrons. The summed E-state index contributed by atoms with van der Waals surface area (Å²) in [5.74, 6) is -2.52. The maximum absolute atomic E-state index is 13.2. The van der Waals surface area contributed by atoms with E-state index in [4.69, 9.17) is 5.41 Å². The van der Waals surface area contributed by atoms with E-state index in [9.17, 15) is 29.0 Å². The van der Waals surface area contributed by atoms with Crippen LogP contribution < -0.4 is 0 Å². The molecule has 1 aromatic rings. The molecule has 1 N–H and O–H groups in total. The topological polar surface area (TPSA) is 98.5 Å². The van der Waals surface area contributed by atoms with Crippen LogP contribution in [0.1, 0.15) is 17.0 Å². The summed E-state index contributed by atoms with van der Waals surface area (Å²) in [5, 5.41) is 37.7. The van der Waals surface area contributed by atoms with E-state index >= 15 is 0 Å². The third kappa shape index (κ3) is 2.85. The summed E-state index contributed by atoms with van der Waals surface area (Å²) >= 11 is 0. The van der Waals surface area contributed by atoms with Crippen molar-refractivity contribution in [3.8, 4) is 18.2 Å². The molecule has 0 amide bonds. The van der Waals surface area contributed by atoms with Gasteiger partial charge in [0.1, 0.15) is 5.92 Å². The van der Waals surface area contributed by atoms with Gasteiger partial charge in [0.25, 0.3) is 0 Å². The average Bonchev–Trinajstić information content (AvgIpc) is 2.67. The predicted octanol–water partition coefficient (Wildman–Crippen LogP) is 3.48. The van der Waals surface area contributed by atoms with Gasteiger partial charge in [0.15, 0.2) is 5.41 Å². The zero-order chi connectivity index (χ0) is 20.7. The third-order valence-electron chi connectivity index (χ3n) is 5.55. The number of likely N-dealkylation sites (N-methyl/N-ethyl adjacent to an activating group) is 1. The maximum Gasteiger partial charge on any atom is 0.416 e. The fourth-order valence-electron chi connectivity index (χ4n) is 4.24. The molecule has 1 saturated carbocycles.